The van der Waals surface area contributed by atoms with E-state index in [9.17, 15) is 4.79 Å². The van der Waals surface area contributed by atoms with Crippen LogP contribution in [0.15, 0.2) is 0 Å². The Bertz CT molecular complexity index is 225. The van der Waals surface area contributed by atoms with E-state index in [1.54, 1.807) is 0 Å². The first-order valence-corrected chi connectivity index (χ1v) is 8.84. The summed E-state index contributed by atoms with van der Waals surface area (Å²) in [5.74, 6) is -0.223. The van der Waals surface area contributed by atoms with E-state index < -0.39 is 5.97 Å². The summed E-state index contributed by atoms with van der Waals surface area (Å²) in [5, 5.41) is 8.96. The van der Waals surface area contributed by atoms with Gasteiger partial charge in [-0.2, -0.15) is 0 Å². The molecule has 0 saturated carbocycles. The van der Waals surface area contributed by atoms with Crippen LogP contribution in [0.25, 0.3) is 0 Å². The molecule has 0 aliphatic carbocycles. The highest BCUT2D eigenvalue weighted by atomic mass is 16.4. The average Bonchev–Trinajstić information content (AvgIpc) is 2.43. The quantitative estimate of drug-likeness (QED) is 0.394. The number of hydrogen-bond donors (Lipinski definition) is 1. The van der Waals surface area contributed by atoms with Gasteiger partial charge in [0.1, 0.15) is 0 Å². The van der Waals surface area contributed by atoms with Crippen LogP contribution in [-0.2, 0) is 4.79 Å². The Kier molecular flexibility index (Phi) is 13.1. The second-order valence-electron chi connectivity index (χ2n) is 6.37. The molecule has 0 aromatic carbocycles. The Balaban J connectivity index is 3.44. The van der Waals surface area contributed by atoms with E-state index in [-0.39, 0.29) is 5.92 Å². The maximum Gasteiger partial charge on any atom is 0.306 e. The second kappa shape index (κ2) is 13.5. The summed E-state index contributed by atoms with van der Waals surface area (Å²) < 4.78 is 0. The maximum atomic E-state index is 10.9. The van der Waals surface area contributed by atoms with Gasteiger partial charge in [0.05, 0.1) is 5.92 Å². The summed E-state index contributed by atoms with van der Waals surface area (Å²) in [4.78, 5) is 10.9. The average molecular weight is 284 g/mol. The first kappa shape index (κ1) is 19.5. The predicted molar refractivity (Wildman–Crippen MR) is 87.0 cm³/mol. The Morgan fingerprint density at radius 2 is 1.40 bits per heavy atom. The van der Waals surface area contributed by atoms with Gasteiger partial charge in [-0.15, -0.1) is 0 Å². The van der Waals surface area contributed by atoms with Crippen LogP contribution in [0.5, 0.6) is 0 Å². The van der Waals surface area contributed by atoms with Crippen LogP contribution in [0.1, 0.15) is 97.8 Å². The van der Waals surface area contributed by atoms with Crippen LogP contribution in [0.4, 0.5) is 0 Å². The molecule has 0 saturated heterocycles. The molecule has 0 aliphatic heterocycles. The van der Waals surface area contributed by atoms with Crippen molar-refractivity contribution in [2.75, 3.05) is 0 Å². The van der Waals surface area contributed by atoms with Gasteiger partial charge in [-0.1, -0.05) is 91.4 Å². The molecule has 2 nitrogen and oxygen atoms in total. The van der Waals surface area contributed by atoms with Gasteiger partial charge in [0.15, 0.2) is 0 Å². The summed E-state index contributed by atoms with van der Waals surface area (Å²) in [6, 6.07) is 0. The van der Waals surface area contributed by atoms with Crippen molar-refractivity contribution in [3.8, 4) is 0 Å². The second-order valence-corrected chi connectivity index (χ2v) is 6.37. The van der Waals surface area contributed by atoms with Crippen LogP contribution in [0.3, 0.4) is 0 Å². The lowest BCUT2D eigenvalue weighted by Crippen LogP contribution is -2.14. The normalized spacial score (nSPS) is 14.2. The molecule has 0 heterocycles. The molecule has 20 heavy (non-hydrogen) atoms. The standard InChI is InChI=1S/C18H36O2/c1-4-6-7-8-9-10-11-12-13-14-17(5-2)15-16(3)18(19)20/h16-17H,4-15H2,1-3H3,(H,19,20). The zero-order valence-electron chi connectivity index (χ0n) is 14.0. The first-order valence-electron chi connectivity index (χ1n) is 8.84. The molecule has 120 valence electrons. The highest BCUT2D eigenvalue weighted by Gasteiger charge is 2.16. The lowest BCUT2D eigenvalue weighted by atomic mass is 9.89. The van der Waals surface area contributed by atoms with E-state index in [1.165, 1.54) is 64.2 Å². The zero-order valence-corrected chi connectivity index (χ0v) is 14.0. The lowest BCUT2D eigenvalue weighted by Gasteiger charge is -2.17. The lowest BCUT2D eigenvalue weighted by molar-refractivity contribution is -0.141. The third kappa shape index (κ3) is 11.3. The largest absolute Gasteiger partial charge is 0.481 e. The van der Waals surface area contributed by atoms with Crippen LogP contribution in [-0.4, -0.2) is 11.1 Å². The number of unbranched alkanes of at least 4 members (excludes halogenated alkanes) is 8. The van der Waals surface area contributed by atoms with E-state index >= 15 is 0 Å². The molecule has 0 fully saturated rings. The minimum absolute atomic E-state index is 0.182. The van der Waals surface area contributed by atoms with Crippen LogP contribution < -0.4 is 0 Å². The van der Waals surface area contributed by atoms with E-state index in [2.05, 4.69) is 13.8 Å². The minimum Gasteiger partial charge on any atom is -0.481 e. The Morgan fingerprint density at radius 1 is 0.900 bits per heavy atom. The van der Waals surface area contributed by atoms with Gasteiger partial charge in [0, 0.05) is 0 Å². The molecule has 0 aromatic rings. The molecule has 2 atom stereocenters. The molecule has 1 N–H and O–H groups in total. The van der Waals surface area contributed by atoms with Gasteiger partial charge in [-0.25, -0.2) is 0 Å². The van der Waals surface area contributed by atoms with Gasteiger partial charge in [0.25, 0.3) is 0 Å². The number of hydrogen-bond acceptors (Lipinski definition) is 1. The number of carbonyl (C=O) groups is 1. The smallest absolute Gasteiger partial charge is 0.306 e. The molecule has 0 radical (unpaired) electrons. The molecule has 2 unspecified atom stereocenters. The summed E-state index contributed by atoms with van der Waals surface area (Å²) in [6.45, 7) is 6.28. The molecule has 2 heteroatoms. The van der Waals surface area contributed by atoms with E-state index in [0.29, 0.717) is 5.92 Å². The molecule has 0 aliphatic rings. The molecule has 0 spiro atoms. The van der Waals surface area contributed by atoms with Crippen LogP contribution in [0, 0.1) is 11.8 Å². The fourth-order valence-electron chi connectivity index (χ4n) is 2.83. The van der Waals surface area contributed by atoms with Gasteiger partial charge < -0.3 is 5.11 Å². The fraction of sp³-hybridized carbons (Fsp3) is 0.944. The van der Waals surface area contributed by atoms with Crippen LogP contribution in [0.2, 0.25) is 0 Å². The summed E-state index contributed by atoms with van der Waals surface area (Å²) >= 11 is 0. The highest BCUT2D eigenvalue weighted by molar-refractivity contribution is 5.69. The molecule has 0 rings (SSSR count). The van der Waals surface area contributed by atoms with Gasteiger partial charge >= 0.3 is 5.97 Å². The van der Waals surface area contributed by atoms with Gasteiger partial charge in [-0.05, 0) is 12.3 Å². The SMILES string of the molecule is CCCCCCCCCCCC(CC)CC(C)C(=O)O. The number of rotatable bonds is 14. The molecular weight excluding hydrogens is 248 g/mol. The number of aliphatic carboxylic acids is 1. The fourth-order valence-corrected chi connectivity index (χ4v) is 2.83. The van der Waals surface area contributed by atoms with Crippen molar-refractivity contribution >= 4 is 5.97 Å². The minimum atomic E-state index is -0.643. The Labute approximate surface area is 126 Å². The summed E-state index contributed by atoms with van der Waals surface area (Å²) in [7, 11) is 0. The summed E-state index contributed by atoms with van der Waals surface area (Å²) in [5.41, 5.74) is 0. The highest BCUT2D eigenvalue weighted by Crippen LogP contribution is 2.22. The molecule has 0 bridgehead atoms. The van der Waals surface area contributed by atoms with Crippen molar-refractivity contribution in [2.24, 2.45) is 11.8 Å². The summed E-state index contributed by atoms with van der Waals surface area (Å²) in [6.07, 6.45) is 15.4. The van der Waals surface area contributed by atoms with Gasteiger partial charge in [0.2, 0.25) is 0 Å². The molecule has 0 aromatic heterocycles. The van der Waals surface area contributed by atoms with Crippen molar-refractivity contribution in [1.82, 2.24) is 0 Å². The topological polar surface area (TPSA) is 37.3 Å². The third-order valence-electron chi connectivity index (χ3n) is 4.40. The van der Waals surface area contributed by atoms with E-state index in [4.69, 9.17) is 5.11 Å². The monoisotopic (exact) mass is 284 g/mol. The van der Waals surface area contributed by atoms with Crippen molar-refractivity contribution in [2.45, 2.75) is 97.8 Å². The van der Waals surface area contributed by atoms with E-state index in [1.807, 2.05) is 6.92 Å². The van der Waals surface area contributed by atoms with Crippen molar-refractivity contribution in [1.29, 1.82) is 0 Å². The number of carboxylic acids is 1. The van der Waals surface area contributed by atoms with Gasteiger partial charge in [-0.3, -0.25) is 4.79 Å². The zero-order chi connectivity index (χ0) is 15.2. The molecule has 0 amide bonds. The van der Waals surface area contributed by atoms with Crippen molar-refractivity contribution < 1.29 is 9.90 Å². The Morgan fingerprint density at radius 3 is 1.85 bits per heavy atom. The first-order chi connectivity index (χ1) is 9.61. The Hall–Kier alpha value is -0.530. The number of carboxylic acid groups (broad SMARTS) is 1. The third-order valence-corrected chi connectivity index (χ3v) is 4.40. The van der Waals surface area contributed by atoms with Crippen molar-refractivity contribution in [3.05, 3.63) is 0 Å². The predicted octanol–water partition coefficient (Wildman–Crippen LogP) is 6.04. The molecular formula is C18H36O2. The van der Waals surface area contributed by atoms with E-state index in [0.717, 1.165) is 12.8 Å². The maximum absolute atomic E-state index is 10.9. The van der Waals surface area contributed by atoms with Crippen LogP contribution >= 0.6 is 0 Å². The van der Waals surface area contributed by atoms with Crippen molar-refractivity contribution in [3.63, 3.8) is 0 Å².